The molecule has 0 radical (unpaired) electrons. The zero-order valence-electron chi connectivity index (χ0n) is 11.0. The summed E-state index contributed by atoms with van der Waals surface area (Å²) < 4.78 is 5.13. The molecule has 19 heavy (non-hydrogen) atoms. The Kier molecular flexibility index (Phi) is 3.14. The number of hydrogen-bond acceptors (Lipinski definition) is 4. The van der Waals surface area contributed by atoms with Gasteiger partial charge >= 0.3 is 0 Å². The molecule has 1 aliphatic carbocycles. The van der Waals surface area contributed by atoms with Gasteiger partial charge in [0.15, 0.2) is 0 Å². The average molecular weight is 262 g/mol. The molecule has 3 unspecified atom stereocenters. The molecule has 0 spiro atoms. The van der Waals surface area contributed by atoms with Gasteiger partial charge in [-0.25, -0.2) is 4.98 Å². The van der Waals surface area contributed by atoms with Crippen LogP contribution in [0.1, 0.15) is 23.2 Å². The number of aliphatic hydroxyl groups excluding tert-OH is 1. The summed E-state index contributed by atoms with van der Waals surface area (Å²) in [5, 5.41) is 9.90. The van der Waals surface area contributed by atoms with Crippen LogP contribution in [0.2, 0.25) is 0 Å². The van der Waals surface area contributed by atoms with E-state index in [2.05, 4.69) is 4.98 Å². The zero-order chi connectivity index (χ0) is 13.4. The number of fused-ring (bicyclic) bond motifs is 1. The highest BCUT2D eigenvalue weighted by atomic mass is 16.5. The largest absolute Gasteiger partial charge is 0.480 e. The highest BCUT2D eigenvalue weighted by molar-refractivity contribution is 5.96. The van der Waals surface area contributed by atoms with Gasteiger partial charge in [-0.1, -0.05) is 0 Å². The summed E-state index contributed by atoms with van der Waals surface area (Å²) in [6.45, 7) is 1.38. The maximum Gasteiger partial charge on any atom is 0.259 e. The van der Waals surface area contributed by atoms with E-state index < -0.39 is 0 Å². The molecule has 3 atom stereocenters. The van der Waals surface area contributed by atoms with Crippen molar-refractivity contribution in [2.45, 2.75) is 18.9 Å². The fraction of sp³-hybridized carbons (Fsp3) is 0.571. The number of hydrogen-bond donors (Lipinski definition) is 1. The molecule has 1 aliphatic heterocycles. The van der Waals surface area contributed by atoms with Crippen molar-refractivity contribution in [2.24, 2.45) is 11.8 Å². The fourth-order valence-corrected chi connectivity index (χ4v) is 3.29. The molecular weight excluding hydrogens is 244 g/mol. The van der Waals surface area contributed by atoms with Gasteiger partial charge in [0.05, 0.1) is 13.2 Å². The normalized spacial score (nSPS) is 29.4. The number of methoxy groups -OCH3 is 1. The third kappa shape index (κ3) is 2.08. The van der Waals surface area contributed by atoms with E-state index in [1.165, 1.54) is 7.11 Å². The van der Waals surface area contributed by atoms with Crippen LogP contribution in [0.4, 0.5) is 0 Å². The molecule has 0 bridgehead atoms. The van der Waals surface area contributed by atoms with Gasteiger partial charge in [0, 0.05) is 25.2 Å². The Labute approximate surface area is 112 Å². The number of aliphatic hydroxyl groups is 1. The Morgan fingerprint density at radius 2 is 2.32 bits per heavy atom. The van der Waals surface area contributed by atoms with Crippen molar-refractivity contribution in [3.63, 3.8) is 0 Å². The van der Waals surface area contributed by atoms with Crippen molar-refractivity contribution in [3.8, 4) is 5.88 Å². The lowest BCUT2D eigenvalue weighted by atomic mass is 10.00. The molecular formula is C14H18N2O3. The lowest BCUT2D eigenvalue weighted by molar-refractivity contribution is 0.0748. The van der Waals surface area contributed by atoms with E-state index >= 15 is 0 Å². The SMILES string of the molecule is COc1ncccc1C(=O)N1CC2CCC(O)C2C1. The van der Waals surface area contributed by atoms with Crippen LogP contribution in [-0.4, -0.2) is 47.2 Å². The van der Waals surface area contributed by atoms with Crippen LogP contribution < -0.4 is 4.74 Å². The summed E-state index contributed by atoms with van der Waals surface area (Å²) in [6.07, 6.45) is 3.24. The average Bonchev–Trinajstić information content (AvgIpc) is 3.00. The Hall–Kier alpha value is -1.62. The van der Waals surface area contributed by atoms with Gasteiger partial charge in [-0.2, -0.15) is 0 Å². The molecule has 1 saturated heterocycles. The van der Waals surface area contributed by atoms with Gasteiger partial charge in [-0.05, 0) is 30.9 Å². The molecule has 0 aromatic carbocycles. The first-order valence-electron chi connectivity index (χ1n) is 6.67. The van der Waals surface area contributed by atoms with Crippen molar-refractivity contribution >= 4 is 5.91 Å². The van der Waals surface area contributed by atoms with E-state index in [9.17, 15) is 9.90 Å². The molecule has 1 amide bonds. The van der Waals surface area contributed by atoms with Gasteiger partial charge in [-0.15, -0.1) is 0 Å². The van der Waals surface area contributed by atoms with Crippen LogP contribution in [0.15, 0.2) is 18.3 Å². The molecule has 2 aliphatic rings. The van der Waals surface area contributed by atoms with Crippen LogP contribution in [0.3, 0.4) is 0 Å². The maximum absolute atomic E-state index is 12.5. The molecule has 3 rings (SSSR count). The summed E-state index contributed by atoms with van der Waals surface area (Å²) >= 11 is 0. The first-order valence-corrected chi connectivity index (χ1v) is 6.67. The van der Waals surface area contributed by atoms with Crippen molar-refractivity contribution in [2.75, 3.05) is 20.2 Å². The van der Waals surface area contributed by atoms with Crippen LogP contribution >= 0.6 is 0 Å². The molecule has 5 nitrogen and oxygen atoms in total. The minimum Gasteiger partial charge on any atom is -0.480 e. The van der Waals surface area contributed by atoms with Gasteiger partial charge in [0.2, 0.25) is 5.88 Å². The third-order valence-electron chi connectivity index (χ3n) is 4.30. The summed E-state index contributed by atoms with van der Waals surface area (Å²) in [6, 6.07) is 3.47. The Balaban J connectivity index is 1.78. The standard InChI is InChI=1S/C14H18N2O3/c1-19-13-10(3-2-6-15-13)14(18)16-7-9-4-5-12(17)11(9)8-16/h2-3,6,9,11-12,17H,4-5,7-8H2,1H3. The minimum absolute atomic E-state index is 0.0495. The van der Waals surface area contributed by atoms with E-state index in [1.54, 1.807) is 18.3 Å². The van der Waals surface area contributed by atoms with Crippen molar-refractivity contribution in [3.05, 3.63) is 23.9 Å². The van der Waals surface area contributed by atoms with E-state index in [1.807, 2.05) is 4.90 Å². The van der Waals surface area contributed by atoms with Crippen molar-refractivity contribution in [1.82, 2.24) is 9.88 Å². The number of pyridine rings is 1. The van der Waals surface area contributed by atoms with Gasteiger partial charge < -0.3 is 14.7 Å². The van der Waals surface area contributed by atoms with E-state index in [0.717, 1.165) is 19.4 Å². The molecule has 1 aromatic rings. The number of rotatable bonds is 2. The Morgan fingerprint density at radius 1 is 1.47 bits per heavy atom. The number of carbonyl (C=O) groups excluding carboxylic acids is 1. The summed E-state index contributed by atoms with van der Waals surface area (Å²) in [5.41, 5.74) is 0.500. The lowest BCUT2D eigenvalue weighted by Crippen LogP contribution is -2.31. The topological polar surface area (TPSA) is 62.7 Å². The smallest absolute Gasteiger partial charge is 0.259 e. The van der Waals surface area contributed by atoms with Gasteiger partial charge in [0.25, 0.3) is 5.91 Å². The fourth-order valence-electron chi connectivity index (χ4n) is 3.29. The van der Waals surface area contributed by atoms with Gasteiger partial charge in [-0.3, -0.25) is 4.79 Å². The number of likely N-dealkylation sites (tertiary alicyclic amines) is 1. The quantitative estimate of drug-likeness (QED) is 0.861. The second kappa shape index (κ2) is 4.81. The molecule has 2 heterocycles. The monoisotopic (exact) mass is 262 g/mol. The van der Waals surface area contributed by atoms with Crippen LogP contribution in [0, 0.1) is 11.8 Å². The van der Waals surface area contributed by atoms with Crippen LogP contribution in [0.5, 0.6) is 5.88 Å². The molecule has 1 saturated carbocycles. The highest BCUT2D eigenvalue weighted by Gasteiger charge is 2.43. The summed E-state index contributed by atoms with van der Waals surface area (Å²) in [4.78, 5) is 18.4. The van der Waals surface area contributed by atoms with Crippen molar-refractivity contribution in [1.29, 1.82) is 0 Å². The van der Waals surface area contributed by atoms with Crippen LogP contribution in [-0.2, 0) is 0 Å². The second-order valence-electron chi connectivity index (χ2n) is 5.34. The first kappa shape index (κ1) is 12.4. The first-order chi connectivity index (χ1) is 9.20. The Morgan fingerprint density at radius 3 is 3.05 bits per heavy atom. The predicted octanol–water partition coefficient (Wildman–Crippen LogP) is 0.933. The molecule has 5 heteroatoms. The summed E-state index contributed by atoms with van der Waals surface area (Å²) in [7, 11) is 1.52. The van der Waals surface area contributed by atoms with Gasteiger partial charge in [0.1, 0.15) is 5.56 Å². The number of amides is 1. The number of nitrogens with zero attached hydrogens (tertiary/aromatic N) is 2. The third-order valence-corrected chi connectivity index (χ3v) is 4.30. The summed E-state index contributed by atoms with van der Waals surface area (Å²) in [5.74, 6) is 1.00. The van der Waals surface area contributed by atoms with E-state index in [4.69, 9.17) is 4.74 Å². The Bertz CT molecular complexity index is 491. The number of aromatic nitrogens is 1. The molecule has 1 N–H and O–H groups in total. The second-order valence-corrected chi connectivity index (χ2v) is 5.34. The molecule has 102 valence electrons. The lowest BCUT2D eigenvalue weighted by Gasteiger charge is -2.19. The van der Waals surface area contributed by atoms with Crippen molar-refractivity contribution < 1.29 is 14.6 Å². The minimum atomic E-state index is -0.251. The number of carbonyl (C=O) groups is 1. The van der Waals surface area contributed by atoms with E-state index in [-0.39, 0.29) is 17.9 Å². The zero-order valence-corrected chi connectivity index (χ0v) is 11.0. The molecule has 1 aromatic heterocycles. The molecule has 2 fully saturated rings. The highest BCUT2D eigenvalue weighted by Crippen LogP contribution is 2.38. The van der Waals surface area contributed by atoms with E-state index in [0.29, 0.717) is 23.9 Å². The maximum atomic E-state index is 12.5. The van der Waals surface area contributed by atoms with Crippen LogP contribution in [0.25, 0.3) is 0 Å². The predicted molar refractivity (Wildman–Crippen MR) is 68.9 cm³/mol. The number of ether oxygens (including phenoxy) is 1.